The first-order valence-corrected chi connectivity index (χ1v) is 5.86. The average Bonchev–Trinajstić information content (AvgIpc) is 2.39. The SMILES string of the molecule is Nc1cnc(C2CCCc3cccnc32)cn1. The number of aryl methyl sites for hydroxylation is 1. The Bertz CT molecular complexity index is 521. The molecular formula is C13H14N4. The van der Waals surface area contributed by atoms with E-state index in [-0.39, 0.29) is 5.92 Å². The average molecular weight is 226 g/mol. The van der Waals surface area contributed by atoms with Crippen LogP contribution in [0.1, 0.15) is 35.7 Å². The van der Waals surface area contributed by atoms with E-state index in [1.54, 1.807) is 12.4 Å². The molecule has 2 aromatic rings. The first kappa shape index (κ1) is 10.2. The summed E-state index contributed by atoms with van der Waals surface area (Å²) in [6, 6.07) is 4.15. The molecule has 1 atom stereocenters. The van der Waals surface area contributed by atoms with Gasteiger partial charge in [-0.25, -0.2) is 4.98 Å². The van der Waals surface area contributed by atoms with Crippen molar-refractivity contribution in [1.82, 2.24) is 15.0 Å². The highest BCUT2D eigenvalue weighted by atomic mass is 14.9. The van der Waals surface area contributed by atoms with Crippen LogP contribution in [-0.4, -0.2) is 15.0 Å². The molecule has 0 aromatic carbocycles. The van der Waals surface area contributed by atoms with E-state index in [1.807, 2.05) is 12.3 Å². The van der Waals surface area contributed by atoms with Gasteiger partial charge in [-0.2, -0.15) is 0 Å². The zero-order valence-corrected chi connectivity index (χ0v) is 9.50. The summed E-state index contributed by atoms with van der Waals surface area (Å²) in [6.45, 7) is 0. The van der Waals surface area contributed by atoms with Crippen molar-refractivity contribution >= 4 is 5.82 Å². The Hall–Kier alpha value is -1.97. The van der Waals surface area contributed by atoms with Crippen LogP contribution in [0.4, 0.5) is 5.82 Å². The van der Waals surface area contributed by atoms with Gasteiger partial charge >= 0.3 is 0 Å². The van der Waals surface area contributed by atoms with Gasteiger partial charge in [0.1, 0.15) is 5.82 Å². The van der Waals surface area contributed by atoms with E-state index in [2.05, 4.69) is 21.0 Å². The van der Waals surface area contributed by atoms with Crippen molar-refractivity contribution in [3.63, 3.8) is 0 Å². The number of nitrogens with two attached hydrogens (primary N) is 1. The van der Waals surface area contributed by atoms with Crippen molar-refractivity contribution in [3.8, 4) is 0 Å². The second kappa shape index (κ2) is 4.13. The molecule has 0 amide bonds. The van der Waals surface area contributed by atoms with Gasteiger partial charge in [0.05, 0.1) is 23.8 Å². The Labute approximate surface area is 99.9 Å². The van der Waals surface area contributed by atoms with Gasteiger partial charge in [-0.1, -0.05) is 6.07 Å². The summed E-state index contributed by atoms with van der Waals surface area (Å²) in [7, 11) is 0. The number of rotatable bonds is 1. The lowest BCUT2D eigenvalue weighted by atomic mass is 9.85. The van der Waals surface area contributed by atoms with Crippen LogP contribution in [0.25, 0.3) is 0 Å². The van der Waals surface area contributed by atoms with Crippen LogP contribution in [0.5, 0.6) is 0 Å². The van der Waals surface area contributed by atoms with E-state index in [4.69, 9.17) is 5.73 Å². The minimum Gasteiger partial charge on any atom is -0.382 e. The van der Waals surface area contributed by atoms with Crippen molar-refractivity contribution in [2.45, 2.75) is 25.2 Å². The summed E-state index contributed by atoms with van der Waals surface area (Å²) < 4.78 is 0. The number of hydrogen-bond acceptors (Lipinski definition) is 4. The second-order valence-electron chi connectivity index (χ2n) is 4.36. The third-order valence-corrected chi connectivity index (χ3v) is 3.24. The number of hydrogen-bond donors (Lipinski definition) is 1. The van der Waals surface area contributed by atoms with Crippen LogP contribution in [0.3, 0.4) is 0 Å². The number of fused-ring (bicyclic) bond motifs is 1. The number of anilines is 1. The van der Waals surface area contributed by atoms with Gasteiger partial charge in [-0.3, -0.25) is 9.97 Å². The molecule has 0 saturated carbocycles. The maximum Gasteiger partial charge on any atom is 0.141 e. The van der Waals surface area contributed by atoms with Crippen LogP contribution in [0.2, 0.25) is 0 Å². The Kier molecular flexibility index (Phi) is 2.48. The highest BCUT2D eigenvalue weighted by Crippen LogP contribution is 2.33. The molecule has 0 bridgehead atoms. The normalized spacial score (nSPS) is 18.7. The fourth-order valence-corrected chi connectivity index (χ4v) is 2.43. The largest absolute Gasteiger partial charge is 0.382 e. The first-order valence-electron chi connectivity index (χ1n) is 5.86. The van der Waals surface area contributed by atoms with E-state index >= 15 is 0 Å². The minimum absolute atomic E-state index is 0.271. The highest BCUT2D eigenvalue weighted by molar-refractivity contribution is 5.33. The van der Waals surface area contributed by atoms with Gasteiger partial charge in [0.2, 0.25) is 0 Å². The molecule has 1 unspecified atom stereocenters. The van der Waals surface area contributed by atoms with Crippen LogP contribution >= 0.6 is 0 Å². The predicted octanol–water partition coefficient (Wildman–Crippen LogP) is 1.92. The topological polar surface area (TPSA) is 64.7 Å². The number of aromatic nitrogens is 3. The molecule has 3 rings (SSSR count). The minimum atomic E-state index is 0.271. The molecule has 0 spiro atoms. The van der Waals surface area contributed by atoms with Gasteiger partial charge in [-0.15, -0.1) is 0 Å². The third kappa shape index (κ3) is 1.86. The summed E-state index contributed by atoms with van der Waals surface area (Å²) in [4.78, 5) is 13.0. The summed E-state index contributed by atoms with van der Waals surface area (Å²) in [5.74, 6) is 0.735. The first-order chi connectivity index (χ1) is 8.34. The maximum atomic E-state index is 5.56. The fourth-order valence-electron chi connectivity index (χ4n) is 2.43. The molecule has 2 aromatic heterocycles. The molecule has 1 aliphatic carbocycles. The lowest BCUT2D eigenvalue weighted by molar-refractivity contribution is 0.586. The molecular weight excluding hydrogens is 212 g/mol. The zero-order chi connectivity index (χ0) is 11.7. The van der Waals surface area contributed by atoms with Crippen molar-refractivity contribution in [2.75, 3.05) is 5.73 Å². The Balaban J connectivity index is 2.03. The van der Waals surface area contributed by atoms with E-state index in [0.717, 1.165) is 24.2 Å². The molecule has 0 fully saturated rings. The summed E-state index contributed by atoms with van der Waals surface area (Å²) in [5, 5.41) is 0. The van der Waals surface area contributed by atoms with Gasteiger partial charge in [0.15, 0.2) is 0 Å². The number of pyridine rings is 1. The Morgan fingerprint density at radius 2 is 2.12 bits per heavy atom. The van der Waals surface area contributed by atoms with Crippen molar-refractivity contribution < 1.29 is 0 Å². The van der Waals surface area contributed by atoms with Gasteiger partial charge in [0, 0.05) is 12.1 Å². The molecule has 17 heavy (non-hydrogen) atoms. The molecule has 86 valence electrons. The zero-order valence-electron chi connectivity index (χ0n) is 9.50. The molecule has 4 nitrogen and oxygen atoms in total. The Morgan fingerprint density at radius 3 is 2.94 bits per heavy atom. The molecule has 1 aliphatic rings. The van der Waals surface area contributed by atoms with Crippen LogP contribution in [0.15, 0.2) is 30.7 Å². The summed E-state index contributed by atoms with van der Waals surface area (Å²) in [6.07, 6.45) is 8.61. The fraction of sp³-hybridized carbons (Fsp3) is 0.308. The van der Waals surface area contributed by atoms with Gasteiger partial charge in [0.25, 0.3) is 0 Å². The van der Waals surface area contributed by atoms with Gasteiger partial charge in [-0.05, 0) is 30.9 Å². The van der Waals surface area contributed by atoms with Crippen LogP contribution in [-0.2, 0) is 6.42 Å². The molecule has 2 N–H and O–H groups in total. The molecule has 0 radical (unpaired) electrons. The van der Waals surface area contributed by atoms with Crippen LogP contribution in [0, 0.1) is 0 Å². The molecule has 2 heterocycles. The smallest absolute Gasteiger partial charge is 0.141 e. The van der Waals surface area contributed by atoms with Crippen molar-refractivity contribution in [1.29, 1.82) is 0 Å². The Morgan fingerprint density at radius 1 is 1.18 bits per heavy atom. The molecule has 4 heteroatoms. The highest BCUT2D eigenvalue weighted by Gasteiger charge is 2.23. The van der Waals surface area contributed by atoms with E-state index < -0.39 is 0 Å². The number of nitrogen functional groups attached to an aromatic ring is 1. The lowest BCUT2D eigenvalue weighted by Gasteiger charge is -2.23. The summed E-state index contributed by atoms with van der Waals surface area (Å²) in [5.41, 5.74) is 9.02. The van der Waals surface area contributed by atoms with Crippen molar-refractivity contribution in [2.24, 2.45) is 0 Å². The van der Waals surface area contributed by atoms with Crippen molar-refractivity contribution in [3.05, 3.63) is 47.7 Å². The van der Waals surface area contributed by atoms with Gasteiger partial charge < -0.3 is 5.73 Å². The maximum absolute atomic E-state index is 5.56. The van der Waals surface area contributed by atoms with E-state index in [1.165, 1.54) is 12.0 Å². The quantitative estimate of drug-likeness (QED) is 0.806. The summed E-state index contributed by atoms with van der Waals surface area (Å²) >= 11 is 0. The second-order valence-corrected chi connectivity index (χ2v) is 4.36. The number of nitrogens with zero attached hydrogens (tertiary/aromatic N) is 3. The van der Waals surface area contributed by atoms with Crippen LogP contribution < -0.4 is 5.73 Å². The monoisotopic (exact) mass is 226 g/mol. The van der Waals surface area contributed by atoms with E-state index in [9.17, 15) is 0 Å². The lowest BCUT2D eigenvalue weighted by Crippen LogP contribution is -2.14. The molecule has 0 saturated heterocycles. The van der Waals surface area contributed by atoms with E-state index in [0.29, 0.717) is 5.82 Å². The standard InChI is InChI=1S/C13H14N4/c14-12-8-16-11(7-17-12)10-5-1-3-9-4-2-6-15-13(9)10/h2,4,6-8,10H,1,3,5H2,(H2,14,17). The molecule has 0 aliphatic heterocycles. The predicted molar refractivity (Wildman–Crippen MR) is 65.5 cm³/mol. The third-order valence-electron chi connectivity index (χ3n) is 3.24.